The Morgan fingerprint density at radius 2 is 1.50 bits per heavy atom. The van der Waals surface area contributed by atoms with Gasteiger partial charge < -0.3 is 15.1 Å². The zero-order chi connectivity index (χ0) is 18.5. The molecule has 1 aromatic heterocycles. The lowest BCUT2D eigenvalue weighted by molar-refractivity contribution is 0.475. The van der Waals surface area contributed by atoms with Crippen molar-refractivity contribution in [2.24, 2.45) is 0 Å². The van der Waals surface area contributed by atoms with Gasteiger partial charge in [-0.2, -0.15) is 0 Å². The number of hydrogen-bond acceptors (Lipinski definition) is 4. The molecule has 26 heavy (non-hydrogen) atoms. The molecule has 1 heterocycles. The van der Waals surface area contributed by atoms with Crippen LogP contribution in [0, 0.1) is 0 Å². The Hall–Kier alpha value is -3.01. The number of nitrogens with zero attached hydrogens (tertiary/aromatic N) is 2. The van der Waals surface area contributed by atoms with Crippen molar-refractivity contribution in [3.05, 3.63) is 60.7 Å². The predicted octanol–water partition coefficient (Wildman–Crippen LogP) is 5.06. The highest BCUT2D eigenvalue weighted by atomic mass is 16.3. The number of aromatic nitrogens is 1. The van der Waals surface area contributed by atoms with Gasteiger partial charge in [-0.05, 0) is 53.9 Å². The van der Waals surface area contributed by atoms with Crippen LogP contribution in [-0.4, -0.2) is 28.8 Å². The largest absolute Gasteiger partial charge is 0.508 e. The molecule has 0 unspecified atom stereocenters. The number of aromatic hydroxyl groups is 2. The van der Waals surface area contributed by atoms with E-state index in [1.807, 2.05) is 43.4 Å². The van der Waals surface area contributed by atoms with Gasteiger partial charge in [0.1, 0.15) is 17.3 Å². The molecular formula is C22H24N2O2. The molecule has 2 N–H and O–H groups in total. The van der Waals surface area contributed by atoms with Gasteiger partial charge >= 0.3 is 0 Å². The van der Waals surface area contributed by atoms with Crippen LogP contribution in [0.5, 0.6) is 11.5 Å². The minimum Gasteiger partial charge on any atom is -0.508 e. The van der Waals surface area contributed by atoms with Crippen LogP contribution in [0.3, 0.4) is 0 Å². The molecule has 4 nitrogen and oxygen atoms in total. The van der Waals surface area contributed by atoms with E-state index in [9.17, 15) is 10.2 Å². The molecule has 2 aromatic carbocycles. The summed E-state index contributed by atoms with van der Waals surface area (Å²) in [6, 6.07) is 18.3. The fourth-order valence-corrected chi connectivity index (χ4v) is 2.89. The van der Waals surface area contributed by atoms with Crippen LogP contribution in [-0.2, 0) is 0 Å². The van der Waals surface area contributed by atoms with Gasteiger partial charge in [-0.1, -0.05) is 37.6 Å². The molecule has 0 aliphatic carbocycles. The second kappa shape index (κ2) is 7.91. The summed E-state index contributed by atoms with van der Waals surface area (Å²) in [7, 11) is 2.04. The fourth-order valence-electron chi connectivity index (χ4n) is 2.89. The Kier molecular flexibility index (Phi) is 5.42. The number of rotatable bonds is 6. The molecule has 0 saturated carbocycles. The lowest BCUT2D eigenvalue weighted by atomic mass is 10.0. The van der Waals surface area contributed by atoms with Crippen molar-refractivity contribution in [2.75, 3.05) is 18.5 Å². The van der Waals surface area contributed by atoms with E-state index in [4.69, 9.17) is 4.98 Å². The lowest BCUT2D eigenvalue weighted by Gasteiger charge is -2.20. The van der Waals surface area contributed by atoms with E-state index in [1.54, 1.807) is 24.3 Å². The molecule has 0 amide bonds. The van der Waals surface area contributed by atoms with Crippen molar-refractivity contribution in [1.82, 2.24) is 4.98 Å². The molecule has 0 spiro atoms. The molecular weight excluding hydrogens is 324 g/mol. The van der Waals surface area contributed by atoms with Gasteiger partial charge in [0, 0.05) is 19.2 Å². The quantitative estimate of drug-likeness (QED) is 0.653. The number of benzene rings is 2. The van der Waals surface area contributed by atoms with Crippen molar-refractivity contribution in [3.63, 3.8) is 0 Å². The Bertz CT molecular complexity index is 829. The minimum absolute atomic E-state index is 0.216. The smallest absolute Gasteiger partial charge is 0.129 e. The number of phenolic OH excluding ortho intramolecular Hbond substituents is 2. The topological polar surface area (TPSA) is 56.6 Å². The summed E-state index contributed by atoms with van der Waals surface area (Å²) in [6.07, 6.45) is 2.21. The summed E-state index contributed by atoms with van der Waals surface area (Å²) in [6.45, 7) is 3.09. The Labute approximate surface area is 154 Å². The normalized spacial score (nSPS) is 10.7. The van der Waals surface area contributed by atoms with Gasteiger partial charge in [0.15, 0.2) is 0 Å². The number of anilines is 1. The SMILES string of the molecule is CCCCN(C)c1cc(-c2cccc(O)c2)cc(-c2cccc(O)c2)n1. The fraction of sp³-hybridized carbons (Fsp3) is 0.227. The maximum Gasteiger partial charge on any atom is 0.129 e. The van der Waals surface area contributed by atoms with Gasteiger partial charge in [0.05, 0.1) is 5.69 Å². The molecule has 3 aromatic rings. The van der Waals surface area contributed by atoms with Crippen LogP contribution >= 0.6 is 0 Å². The molecule has 3 rings (SSSR count). The summed E-state index contributed by atoms with van der Waals surface area (Å²) in [5, 5.41) is 19.7. The summed E-state index contributed by atoms with van der Waals surface area (Å²) < 4.78 is 0. The maximum atomic E-state index is 9.83. The summed E-state index contributed by atoms with van der Waals surface area (Å²) in [5.74, 6) is 1.32. The minimum atomic E-state index is 0.216. The standard InChI is InChI=1S/C22H24N2O2/c1-3-4-11-24(2)22-15-18(16-7-5-9-19(25)12-16)14-21(23-22)17-8-6-10-20(26)13-17/h5-10,12-15,25-26H,3-4,11H2,1-2H3. The number of phenols is 2. The zero-order valence-electron chi connectivity index (χ0n) is 15.2. The molecule has 0 aliphatic rings. The van der Waals surface area contributed by atoms with Gasteiger partial charge in [-0.15, -0.1) is 0 Å². The molecule has 0 fully saturated rings. The average molecular weight is 348 g/mol. The van der Waals surface area contributed by atoms with Crippen LogP contribution in [0.1, 0.15) is 19.8 Å². The molecule has 0 radical (unpaired) electrons. The van der Waals surface area contributed by atoms with E-state index in [-0.39, 0.29) is 11.5 Å². The third-order valence-electron chi connectivity index (χ3n) is 4.37. The first-order chi connectivity index (χ1) is 12.6. The van der Waals surface area contributed by atoms with Crippen molar-refractivity contribution < 1.29 is 10.2 Å². The van der Waals surface area contributed by atoms with E-state index in [2.05, 4.69) is 11.8 Å². The van der Waals surface area contributed by atoms with E-state index in [1.165, 1.54) is 0 Å². The van der Waals surface area contributed by atoms with Crippen LogP contribution < -0.4 is 4.90 Å². The van der Waals surface area contributed by atoms with Gasteiger partial charge in [-0.3, -0.25) is 0 Å². The number of hydrogen-bond donors (Lipinski definition) is 2. The second-order valence-corrected chi connectivity index (χ2v) is 6.48. The molecule has 0 saturated heterocycles. The third-order valence-corrected chi connectivity index (χ3v) is 4.37. The monoisotopic (exact) mass is 348 g/mol. The Balaban J connectivity index is 2.10. The third kappa shape index (κ3) is 4.14. The van der Waals surface area contributed by atoms with Crippen molar-refractivity contribution in [1.29, 1.82) is 0 Å². The van der Waals surface area contributed by atoms with Crippen LogP contribution in [0.25, 0.3) is 22.4 Å². The highest BCUT2D eigenvalue weighted by molar-refractivity contribution is 5.75. The first kappa shape index (κ1) is 17.8. The molecule has 0 aliphatic heterocycles. The summed E-state index contributed by atoms with van der Waals surface area (Å²) in [5.41, 5.74) is 3.56. The maximum absolute atomic E-state index is 9.83. The van der Waals surface area contributed by atoms with Crippen molar-refractivity contribution in [3.8, 4) is 33.9 Å². The van der Waals surface area contributed by atoms with Crippen molar-refractivity contribution >= 4 is 5.82 Å². The highest BCUT2D eigenvalue weighted by Crippen LogP contribution is 2.31. The zero-order valence-corrected chi connectivity index (χ0v) is 15.2. The van der Waals surface area contributed by atoms with E-state index >= 15 is 0 Å². The van der Waals surface area contributed by atoms with Crippen LogP contribution in [0.2, 0.25) is 0 Å². The van der Waals surface area contributed by atoms with Crippen LogP contribution in [0.15, 0.2) is 60.7 Å². The van der Waals surface area contributed by atoms with E-state index in [0.717, 1.165) is 47.6 Å². The van der Waals surface area contributed by atoms with Gasteiger partial charge in [0.25, 0.3) is 0 Å². The molecule has 0 atom stereocenters. The number of unbranched alkanes of at least 4 members (excludes halogenated alkanes) is 1. The molecule has 134 valence electrons. The lowest BCUT2D eigenvalue weighted by Crippen LogP contribution is -2.19. The van der Waals surface area contributed by atoms with Crippen molar-refractivity contribution in [2.45, 2.75) is 19.8 Å². The van der Waals surface area contributed by atoms with E-state index < -0.39 is 0 Å². The predicted molar refractivity (Wildman–Crippen MR) is 107 cm³/mol. The first-order valence-electron chi connectivity index (χ1n) is 8.89. The summed E-state index contributed by atoms with van der Waals surface area (Å²) >= 11 is 0. The second-order valence-electron chi connectivity index (χ2n) is 6.48. The first-order valence-corrected chi connectivity index (χ1v) is 8.89. The van der Waals surface area contributed by atoms with Gasteiger partial charge in [-0.25, -0.2) is 4.98 Å². The summed E-state index contributed by atoms with van der Waals surface area (Å²) in [4.78, 5) is 6.94. The Morgan fingerprint density at radius 3 is 2.15 bits per heavy atom. The average Bonchev–Trinajstić information content (AvgIpc) is 2.65. The Morgan fingerprint density at radius 1 is 0.846 bits per heavy atom. The van der Waals surface area contributed by atoms with E-state index in [0.29, 0.717) is 0 Å². The molecule has 0 bridgehead atoms. The molecule has 4 heteroatoms. The number of pyridine rings is 1. The van der Waals surface area contributed by atoms with Crippen LogP contribution in [0.4, 0.5) is 5.82 Å². The van der Waals surface area contributed by atoms with Gasteiger partial charge in [0.2, 0.25) is 0 Å². The highest BCUT2D eigenvalue weighted by Gasteiger charge is 2.11.